The number of carbonyl (C=O) groups excluding carboxylic acids is 1. The van der Waals surface area contributed by atoms with Crippen molar-refractivity contribution in [2.75, 3.05) is 23.7 Å². The molecule has 174 valence electrons. The molecule has 3 aromatic rings. The molecule has 10 heteroatoms. The molecule has 33 heavy (non-hydrogen) atoms. The van der Waals surface area contributed by atoms with Crippen LogP contribution < -0.4 is 16.0 Å². The van der Waals surface area contributed by atoms with Crippen LogP contribution in [0.3, 0.4) is 0 Å². The largest absolute Gasteiger partial charge is 0.367 e. The van der Waals surface area contributed by atoms with Crippen LogP contribution >= 0.6 is 0 Å². The molecular formula is C23H28N6O3S. The monoisotopic (exact) mass is 468 g/mol. The van der Waals surface area contributed by atoms with Gasteiger partial charge in [-0.3, -0.25) is 4.79 Å². The Morgan fingerprint density at radius 3 is 2.18 bits per heavy atom. The van der Waals surface area contributed by atoms with Crippen molar-refractivity contribution >= 4 is 33.2 Å². The number of aryl methyl sites for hydroxylation is 1. The number of carbonyl (C=O) groups is 1. The Balaban J connectivity index is 1.40. The topological polar surface area (TPSA) is 126 Å². The second-order valence-corrected chi connectivity index (χ2v) is 10.3. The maximum Gasteiger partial charge on any atom is 0.224 e. The summed E-state index contributed by atoms with van der Waals surface area (Å²) in [5, 5.41) is 16.7. The zero-order valence-electron chi connectivity index (χ0n) is 18.9. The van der Waals surface area contributed by atoms with Gasteiger partial charge in [0.1, 0.15) is 11.6 Å². The highest BCUT2D eigenvalue weighted by atomic mass is 32.2. The SMILES string of the molecule is Cc1ccc(Nc2ccc(NCCNC(=O)Cc3ccc(S(=O)(=O)C(C)C)cc3)nn2)nc1. The molecule has 1 aromatic carbocycles. The molecule has 0 saturated heterocycles. The number of nitrogens with zero attached hydrogens (tertiary/aromatic N) is 3. The van der Waals surface area contributed by atoms with E-state index in [0.29, 0.717) is 30.5 Å². The van der Waals surface area contributed by atoms with Crippen LogP contribution in [0, 0.1) is 6.92 Å². The molecule has 0 aliphatic carbocycles. The third-order valence-electron chi connectivity index (χ3n) is 4.82. The molecule has 3 N–H and O–H groups in total. The van der Waals surface area contributed by atoms with Gasteiger partial charge in [0, 0.05) is 19.3 Å². The van der Waals surface area contributed by atoms with Crippen molar-refractivity contribution in [3.05, 3.63) is 65.9 Å². The third-order valence-corrected chi connectivity index (χ3v) is 6.99. The standard InChI is InChI=1S/C23H28N6O3S/c1-16(2)33(31,32)19-7-5-18(6-8-19)14-23(30)25-13-12-24-21-10-11-22(29-28-21)27-20-9-4-17(3)15-26-20/h4-11,15-16H,12-14H2,1-3H3,(H,24,28)(H,25,30)(H,26,27,29). The van der Waals surface area contributed by atoms with E-state index in [1.54, 1.807) is 56.4 Å². The quantitative estimate of drug-likeness (QED) is 0.388. The summed E-state index contributed by atoms with van der Waals surface area (Å²) in [7, 11) is -3.31. The molecule has 0 radical (unpaired) electrons. The van der Waals surface area contributed by atoms with Gasteiger partial charge in [0.15, 0.2) is 15.7 Å². The van der Waals surface area contributed by atoms with E-state index in [-0.39, 0.29) is 17.2 Å². The predicted octanol–water partition coefficient (Wildman–Crippen LogP) is 2.88. The highest BCUT2D eigenvalue weighted by molar-refractivity contribution is 7.92. The van der Waals surface area contributed by atoms with Crippen molar-refractivity contribution in [1.82, 2.24) is 20.5 Å². The number of benzene rings is 1. The number of hydrogen-bond acceptors (Lipinski definition) is 8. The minimum Gasteiger partial charge on any atom is -0.367 e. The maximum atomic E-state index is 12.2. The summed E-state index contributed by atoms with van der Waals surface area (Å²) in [6.07, 6.45) is 1.95. The summed E-state index contributed by atoms with van der Waals surface area (Å²) >= 11 is 0. The van der Waals surface area contributed by atoms with E-state index in [4.69, 9.17) is 0 Å². The Hall–Kier alpha value is -3.53. The summed E-state index contributed by atoms with van der Waals surface area (Å²) in [5.41, 5.74) is 1.83. The fraction of sp³-hybridized carbons (Fsp3) is 0.304. The van der Waals surface area contributed by atoms with Crippen molar-refractivity contribution in [2.45, 2.75) is 37.3 Å². The van der Waals surface area contributed by atoms with Crippen molar-refractivity contribution in [3.8, 4) is 0 Å². The van der Waals surface area contributed by atoms with Crippen LogP contribution in [-0.2, 0) is 21.1 Å². The van der Waals surface area contributed by atoms with Crippen molar-refractivity contribution in [3.63, 3.8) is 0 Å². The number of nitrogens with one attached hydrogen (secondary N) is 3. The summed E-state index contributed by atoms with van der Waals surface area (Å²) in [6.45, 7) is 6.15. The number of rotatable bonds is 10. The summed E-state index contributed by atoms with van der Waals surface area (Å²) in [6, 6.07) is 13.8. The van der Waals surface area contributed by atoms with Gasteiger partial charge in [0.2, 0.25) is 5.91 Å². The number of pyridine rings is 1. The Labute approximate surface area is 194 Å². The van der Waals surface area contributed by atoms with Crippen LogP contribution in [0.4, 0.5) is 17.5 Å². The van der Waals surface area contributed by atoms with Crippen LogP contribution in [0.5, 0.6) is 0 Å². The third kappa shape index (κ3) is 6.98. The van der Waals surface area contributed by atoms with Crippen LogP contribution in [0.2, 0.25) is 0 Å². The van der Waals surface area contributed by atoms with Gasteiger partial charge in [-0.05, 0) is 62.2 Å². The first-order chi connectivity index (χ1) is 15.7. The minimum atomic E-state index is -3.31. The van der Waals surface area contributed by atoms with E-state index in [1.807, 2.05) is 19.1 Å². The first-order valence-electron chi connectivity index (χ1n) is 10.6. The smallest absolute Gasteiger partial charge is 0.224 e. The molecule has 0 atom stereocenters. The molecule has 0 unspecified atom stereocenters. The van der Waals surface area contributed by atoms with E-state index in [0.717, 1.165) is 11.1 Å². The van der Waals surface area contributed by atoms with E-state index in [1.165, 1.54) is 0 Å². The lowest BCUT2D eigenvalue weighted by Gasteiger charge is -2.10. The van der Waals surface area contributed by atoms with Gasteiger partial charge in [-0.25, -0.2) is 13.4 Å². The molecule has 2 heterocycles. The minimum absolute atomic E-state index is 0.146. The molecule has 2 aromatic heterocycles. The van der Waals surface area contributed by atoms with Gasteiger partial charge in [-0.1, -0.05) is 18.2 Å². The summed E-state index contributed by atoms with van der Waals surface area (Å²) in [4.78, 5) is 16.7. The van der Waals surface area contributed by atoms with E-state index in [9.17, 15) is 13.2 Å². The zero-order chi connectivity index (χ0) is 23.8. The average molecular weight is 469 g/mol. The second kappa shape index (κ2) is 10.9. The Bertz CT molecular complexity index is 1160. The molecule has 9 nitrogen and oxygen atoms in total. The number of hydrogen-bond donors (Lipinski definition) is 3. The normalized spacial score (nSPS) is 11.3. The molecule has 0 saturated carbocycles. The molecule has 0 spiro atoms. The van der Waals surface area contributed by atoms with Gasteiger partial charge >= 0.3 is 0 Å². The van der Waals surface area contributed by atoms with E-state index >= 15 is 0 Å². The molecule has 3 rings (SSSR count). The van der Waals surface area contributed by atoms with Crippen LogP contribution in [0.25, 0.3) is 0 Å². The molecule has 0 aliphatic rings. The van der Waals surface area contributed by atoms with Gasteiger partial charge < -0.3 is 16.0 Å². The highest BCUT2D eigenvalue weighted by Gasteiger charge is 2.18. The number of anilines is 3. The van der Waals surface area contributed by atoms with Gasteiger partial charge in [0.25, 0.3) is 0 Å². The Kier molecular flexibility index (Phi) is 7.94. The van der Waals surface area contributed by atoms with E-state index < -0.39 is 15.1 Å². The second-order valence-electron chi connectivity index (χ2n) is 7.84. The number of aromatic nitrogens is 3. The fourth-order valence-electron chi connectivity index (χ4n) is 2.88. The van der Waals surface area contributed by atoms with Crippen LogP contribution in [0.15, 0.2) is 59.6 Å². The van der Waals surface area contributed by atoms with Crippen LogP contribution in [-0.4, -0.2) is 47.8 Å². The molecule has 0 aliphatic heterocycles. The number of amides is 1. The van der Waals surface area contributed by atoms with Crippen molar-refractivity contribution in [2.24, 2.45) is 0 Å². The lowest BCUT2D eigenvalue weighted by atomic mass is 10.1. The molecule has 1 amide bonds. The van der Waals surface area contributed by atoms with E-state index in [2.05, 4.69) is 31.1 Å². The van der Waals surface area contributed by atoms with Crippen molar-refractivity contribution in [1.29, 1.82) is 0 Å². The highest BCUT2D eigenvalue weighted by Crippen LogP contribution is 2.17. The fourth-order valence-corrected chi connectivity index (χ4v) is 3.94. The lowest BCUT2D eigenvalue weighted by molar-refractivity contribution is -0.120. The summed E-state index contributed by atoms with van der Waals surface area (Å²) < 4.78 is 24.3. The first kappa shape index (κ1) is 24.1. The van der Waals surface area contributed by atoms with Gasteiger partial charge in [0.05, 0.1) is 16.6 Å². The van der Waals surface area contributed by atoms with Gasteiger partial charge in [-0.2, -0.15) is 0 Å². The Morgan fingerprint density at radius 2 is 1.58 bits per heavy atom. The number of sulfone groups is 1. The van der Waals surface area contributed by atoms with Crippen molar-refractivity contribution < 1.29 is 13.2 Å². The van der Waals surface area contributed by atoms with Gasteiger partial charge in [-0.15, -0.1) is 10.2 Å². The Morgan fingerprint density at radius 1 is 0.909 bits per heavy atom. The molecule has 0 bridgehead atoms. The van der Waals surface area contributed by atoms with Crippen LogP contribution in [0.1, 0.15) is 25.0 Å². The maximum absolute atomic E-state index is 12.2. The predicted molar refractivity (Wildman–Crippen MR) is 128 cm³/mol. The molecule has 0 fully saturated rings. The molecular weight excluding hydrogens is 440 g/mol. The first-order valence-corrected chi connectivity index (χ1v) is 12.2. The summed E-state index contributed by atoms with van der Waals surface area (Å²) in [5.74, 6) is 1.72. The lowest BCUT2D eigenvalue weighted by Crippen LogP contribution is -2.30. The average Bonchev–Trinajstić information content (AvgIpc) is 2.79. The zero-order valence-corrected chi connectivity index (χ0v) is 19.7.